The van der Waals surface area contributed by atoms with Crippen LogP contribution in [-0.4, -0.2) is 78.5 Å². The van der Waals surface area contributed by atoms with E-state index in [2.05, 4.69) is 4.90 Å². The van der Waals surface area contributed by atoms with E-state index in [1.54, 1.807) is 0 Å². The van der Waals surface area contributed by atoms with Crippen molar-refractivity contribution in [2.45, 2.75) is 4.71 Å². The summed E-state index contributed by atoms with van der Waals surface area (Å²) in [5, 5.41) is 8.75. The average Bonchev–Trinajstić information content (AvgIpc) is 2.20. The molecule has 1 unspecified atom stereocenters. The molecule has 96 valence electrons. The number of β-amino-alcohol motifs (C(OH)–C–C–N with tert-alkyl or cyclic N) is 1. The van der Waals surface area contributed by atoms with Crippen molar-refractivity contribution in [3.8, 4) is 0 Å². The van der Waals surface area contributed by atoms with Gasteiger partial charge in [-0.1, -0.05) is 0 Å². The number of alkyl halides is 1. The van der Waals surface area contributed by atoms with Crippen LogP contribution in [0.3, 0.4) is 0 Å². The van der Waals surface area contributed by atoms with Gasteiger partial charge in [-0.25, -0.2) is 0 Å². The van der Waals surface area contributed by atoms with Crippen LogP contribution in [0.4, 0.5) is 0 Å². The van der Waals surface area contributed by atoms with Gasteiger partial charge < -0.3 is 5.11 Å². The molecule has 8 heteroatoms. The van der Waals surface area contributed by atoms with Gasteiger partial charge in [-0.05, 0) is 0 Å². The summed E-state index contributed by atoms with van der Waals surface area (Å²) in [6.07, 6.45) is 0. The van der Waals surface area contributed by atoms with Crippen molar-refractivity contribution in [2.75, 3.05) is 45.9 Å². The van der Waals surface area contributed by atoms with Crippen LogP contribution in [0.15, 0.2) is 0 Å². The molecule has 1 aliphatic heterocycles. The van der Waals surface area contributed by atoms with Gasteiger partial charge in [0.05, 0.1) is 6.61 Å². The highest BCUT2D eigenvalue weighted by atomic mass is 35.5. The third-order valence-corrected chi connectivity index (χ3v) is 4.22. The van der Waals surface area contributed by atoms with Crippen LogP contribution in [-0.2, 0) is 10.1 Å². The molecule has 0 aromatic rings. The molecule has 16 heavy (non-hydrogen) atoms. The number of halogens is 1. The number of rotatable bonds is 5. The van der Waals surface area contributed by atoms with Crippen LogP contribution in [0, 0.1) is 0 Å². The quantitative estimate of drug-likeness (QED) is 0.496. The van der Waals surface area contributed by atoms with Gasteiger partial charge in [-0.2, -0.15) is 8.42 Å². The molecule has 1 aliphatic rings. The van der Waals surface area contributed by atoms with E-state index < -0.39 is 14.8 Å². The van der Waals surface area contributed by atoms with Crippen LogP contribution in [0.1, 0.15) is 0 Å². The number of hydrogen-bond acceptors (Lipinski definition) is 5. The normalized spacial score (nSPS) is 22.2. The zero-order valence-electron chi connectivity index (χ0n) is 8.92. The summed E-state index contributed by atoms with van der Waals surface area (Å²) in [6.45, 7) is 3.83. The summed E-state index contributed by atoms with van der Waals surface area (Å²) < 4.78 is 28.9. The third kappa shape index (κ3) is 4.52. The fraction of sp³-hybridized carbons (Fsp3) is 1.00. The Morgan fingerprint density at radius 1 is 1.19 bits per heavy atom. The Labute approximate surface area is 101 Å². The highest BCUT2D eigenvalue weighted by Gasteiger charge is 2.25. The fourth-order valence-electron chi connectivity index (χ4n) is 1.63. The first-order valence-corrected chi connectivity index (χ1v) is 7.03. The highest BCUT2D eigenvalue weighted by molar-refractivity contribution is 7.87. The van der Waals surface area contributed by atoms with Crippen molar-refractivity contribution in [1.82, 2.24) is 9.80 Å². The summed E-state index contributed by atoms with van der Waals surface area (Å²) in [5.74, 6) is 0. The summed E-state index contributed by atoms with van der Waals surface area (Å²) in [5.41, 5.74) is 0. The Morgan fingerprint density at radius 3 is 2.12 bits per heavy atom. The Kier molecular flexibility index (Phi) is 5.42. The van der Waals surface area contributed by atoms with Gasteiger partial charge in [0.25, 0.3) is 10.1 Å². The largest absolute Gasteiger partial charge is 0.395 e. The van der Waals surface area contributed by atoms with E-state index in [1.807, 2.05) is 4.90 Å². The van der Waals surface area contributed by atoms with Crippen LogP contribution in [0.5, 0.6) is 0 Å². The molecule has 0 spiro atoms. The monoisotopic (exact) mass is 272 g/mol. The number of piperazine rings is 1. The van der Waals surface area contributed by atoms with Crippen LogP contribution >= 0.6 is 11.6 Å². The van der Waals surface area contributed by atoms with Gasteiger partial charge in [0.1, 0.15) is 0 Å². The molecular weight excluding hydrogens is 256 g/mol. The van der Waals surface area contributed by atoms with E-state index >= 15 is 0 Å². The number of nitrogens with zero attached hydrogens (tertiary/aromatic N) is 2. The number of aliphatic hydroxyl groups excluding tert-OH is 1. The highest BCUT2D eigenvalue weighted by Crippen LogP contribution is 2.09. The lowest BCUT2D eigenvalue weighted by Gasteiger charge is -2.34. The van der Waals surface area contributed by atoms with Crippen LogP contribution < -0.4 is 0 Å². The predicted octanol–water partition coefficient (Wildman–Crippen LogP) is -0.951. The van der Waals surface area contributed by atoms with E-state index in [-0.39, 0.29) is 13.2 Å². The van der Waals surface area contributed by atoms with Crippen molar-refractivity contribution in [3.63, 3.8) is 0 Å². The van der Waals surface area contributed by atoms with Gasteiger partial charge in [0.2, 0.25) is 0 Å². The SMILES string of the molecule is O=S(=O)(O)C(Cl)CN1CCN(CCO)CC1. The first-order valence-electron chi connectivity index (χ1n) is 5.09. The van der Waals surface area contributed by atoms with E-state index in [4.69, 9.17) is 21.3 Å². The molecule has 0 radical (unpaired) electrons. The maximum Gasteiger partial charge on any atom is 0.283 e. The molecule has 0 saturated carbocycles. The summed E-state index contributed by atoms with van der Waals surface area (Å²) >= 11 is 5.55. The third-order valence-electron chi connectivity index (χ3n) is 2.61. The Bertz CT molecular complexity index is 303. The lowest BCUT2D eigenvalue weighted by Crippen LogP contribution is -2.49. The zero-order chi connectivity index (χ0) is 12.2. The second-order valence-corrected chi connectivity index (χ2v) is 6.18. The minimum atomic E-state index is -4.16. The summed E-state index contributed by atoms with van der Waals surface area (Å²) in [7, 11) is -4.16. The van der Waals surface area contributed by atoms with Gasteiger partial charge in [-0.15, -0.1) is 11.6 Å². The molecule has 6 nitrogen and oxygen atoms in total. The van der Waals surface area contributed by atoms with Crippen molar-refractivity contribution in [3.05, 3.63) is 0 Å². The standard InChI is InChI=1S/C8H17ClN2O4S/c9-8(16(13,14)15)7-11-3-1-10(2-4-11)5-6-12/h8,12H,1-7H2,(H,13,14,15). The van der Waals surface area contributed by atoms with E-state index in [0.29, 0.717) is 19.6 Å². The van der Waals surface area contributed by atoms with Crippen LogP contribution in [0.2, 0.25) is 0 Å². The summed E-state index contributed by atoms with van der Waals surface area (Å²) in [6, 6.07) is 0. The fourth-order valence-corrected chi connectivity index (χ4v) is 2.23. The van der Waals surface area contributed by atoms with Gasteiger partial charge in [-0.3, -0.25) is 14.4 Å². The van der Waals surface area contributed by atoms with E-state index in [1.165, 1.54) is 0 Å². The average molecular weight is 273 g/mol. The Hall–Kier alpha value is 0.0800. The van der Waals surface area contributed by atoms with E-state index in [9.17, 15) is 8.42 Å². The van der Waals surface area contributed by atoms with Crippen molar-refractivity contribution >= 4 is 21.7 Å². The number of aliphatic hydroxyl groups is 1. The molecule has 1 heterocycles. The van der Waals surface area contributed by atoms with Gasteiger partial charge in [0, 0.05) is 39.3 Å². The van der Waals surface area contributed by atoms with Gasteiger partial charge >= 0.3 is 0 Å². The molecule has 2 N–H and O–H groups in total. The molecule has 0 aromatic heterocycles. The molecule has 1 saturated heterocycles. The Morgan fingerprint density at radius 2 is 1.69 bits per heavy atom. The summed E-state index contributed by atoms with van der Waals surface area (Å²) in [4.78, 5) is 3.98. The van der Waals surface area contributed by atoms with Crippen molar-refractivity contribution in [1.29, 1.82) is 0 Å². The molecule has 1 rings (SSSR count). The topological polar surface area (TPSA) is 81.1 Å². The lowest BCUT2D eigenvalue weighted by atomic mass is 10.3. The smallest absolute Gasteiger partial charge is 0.283 e. The first kappa shape index (κ1) is 14.1. The van der Waals surface area contributed by atoms with Crippen molar-refractivity contribution in [2.24, 2.45) is 0 Å². The molecule has 0 aliphatic carbocycles. The van der Waals surface area contributed by atoms with Gasteiger partial charge in [0.15, 0.2) is 4.71 Å². The molecule has 0 aromatic carbocycles. The number of hydrogen-bond donors (Lipinski definition) is 2. The molecule has 0 amide bonds. The first-order chi connectivity index (χ1) is 7.43. The second-order valence-electron chi connectivity index (χ2n) is 3.79. The van der Waals surface area contributed by atoms with Crippen molar-refractivity contribution < 1.29 is 18.1 Å². The molecule has 1 fully saturated rings. The lowest BCUT2D eigenvalue weighted by molar-refractivity contribution is 0.115. The minimum absolute atomic E-state index is 0.128. The molecule has 0 bridgehead atoms. The minimum Gasteiger partial charge on any atom is -0.395 e. The van der Waals surface area contributed by atoms with E-state index in [0.717, 1.165) is 13.1 Å². The maximum atomic E-state index is 10.7. The maximum absolute atomic E-state index is 10.7. The molecule has 1 atom stereocenters. The van der Waals surface area contributed by atoms with Crippen LogP contribution in [0.25, 0.3) is 0 Å². The zero-order valence-corrected chi connectivity index (χ0v) is 10.5. The predicted molar refractivity (Wildman–Crippen MR) is 61.2 cm³/mol. The Balaban J connectivity index is 2.32. The molecular formula is C8H17ClN2O4S. The second kappa shape index (κ2) is 6.13.